The van der Waals surface area contributed by atoms with Crippen LogP contribution in [0, 0.1) is 5.92 Å². The molecule has 0 aliphatic carbocycles. The smallest absolute Gasteiger partial charge is 0.324 e. The first-order valence-corrected chi connectivity index (χ1v) is 15.6. The van der Waals surface area contributed by atoms with E-state index in [4.69, 9.17) is 13.8 Å². The van der Waals surface area contributed by atoms with Crippen LogP contribution in [0.2, 0.25) is 0 Å². The van der Waals surface area contributed by atoms with Crippen molar-refractivity contribution in [2.75, 3.05) is 41.9 Å². The van der Waals surface area contributed by atoms with Crippen LogP contribution >= 0.6 is 0 Å². The zero-order chi connectivity index (χ0) is 31.8. The van der Waals surface area contributed by atoms with E-state index >= 15 is 0 Å². The molecular weight excluding hydrogens is 576 g/mol. The number of urea groups is 1. The molecule has 0 unspecified atom stereocenters. The molecular formula is C29H40N6O7S. The summed E-state index contributed by atoms with van der Waals surface area (Å²) in [5.41, 5.74) is 1.21. The number of nitrogens with zero attached hydrogens (tertiary/aromatic N) is 3. The Balaban J connectivity index is 0.000000934. The number of aromatic nitrogens is 2. The van der Waals surface area contributed by atoms with E-state index in [1.807, 2.05) is 20.8 Å². The summed E-state index contributed by atoms with van der Waals surface area (Å²) >= 11 is 0. The predicted octanol–water partition coefficient (Wildman–Crippen LogP) is 4.88. The summed E-state index contributed by atoms with van der Waals surface area (Å²) in [5, 5.41) is 12.0. The summed E-state index contributed by atoms with van der Waals surface area (Å²) in [6, 6.07) is 12.0. The molecule has 4 N–H and O–H groups in total. The Morgan fingerprint density at radius 3 is 2.23 bits per heavy atom. The Bertz CT molecular complexity index is 1460. The Kier molecular flexibility index (Phi) is 11.2. The topological polar surface area (TPSA) is 176 Å². The number of amides is 3. The van der Waals surface area contributed by atoms with Crippen LogP contribution in [0.5, 0.6) is 5.75 Å². The van der Waals surface area contributed by atoms with Gasteiger partial charge in [-0.25, -0.2) is 9.78 Å². The zero-order valence-electron chi connectivity index (χ0n) is 25.2. The molecule has 1 atom stereocenters. The van der Waals surface area contributed by atoms with Crippen LogP contribution < -0.4 is 20.7 Å². The fourth-order valence-electron chi connectivity index (χ4n) is 4.08. The molecule has 3 amide bonds. The van der Waals surface area contributed by atoms with Gasteiger partial charge in [-0.2, -0.15) is 8.42 Å². The summed E-state index contributed by atoms with van der Waals surface area (Å²) in [4.78, 5) is 31.6. The summed E-state index contributed by atoms with van der Waals surface area (Å²) in [7, 11) is -3.67. The number of hydrogen-bond donors (Lipinski definition) is 4. The van der Waals surface area contributed by atoms with Crippen LogP contribution in [0.15, 0.2) is 53.2 Å². The molecule has 1 saturated heterocycles. The second-order valence-electron chi connectivity index (χ2n) is 11.6. The second kappa shape index (κ2) is 14.4. The molecule has 1 aliphatic rings. The molecule has 1 fully saturated rings. The minimum atomic E-state index is -3.67. The van der Waals surface area contributed by atoms with Gasteiger partial charge < -0.3 is 24.8 Å². The highest BCUT2D eigenvalue weighted by atomic mass is 32.2. The maximum absolute atomic E-state index is 12.6. The van der Waals surface area contributed by atoms with Gasteiger partial charge in [-0.15, -0.1) is 0 Å². The van der Waals surface area contributed by atoms with Crippen LogP contribution in [0.4, 0.5) is 22.0 Å². The van der Waals surface area contributed by atoms with E-state index in [1.54, 1.807) is 48.7 Å². The highest BCUT2D eigenvalue weighted by Crippen LogP contribution is 2.25. The van der Waals surface area contributed by atoms with E-state index in [0.29, 0.717) is 53.5 Å². The van der Waals surface area contributed by atoms with Crippen LogP contribution in [-0.2, 0) is 15.5 Å². The van der Waals surface area contributed by atoms with Crippen LogP contribution in [0.25, 0.3) is 0 Å². The van der Waals surface area contributed by atoms with E-state index in [1.165, 1.54) is 0 Å². The monoisotopic (exact) mass is 616 g/mol. The lowest BCUT2D eigenvalue weighted by molar-refractivity contribution is 0.102. The molecule has 0 spiro atoms. The fraction of sp³-hybridized carbons (Fsp3) is 0.448. The number of hydrogen-bond acceptors (Lipinski definition) is 9. The molecule has 0 saturated carbocycles. The van der Waals surface area contributed by atoms with Gasteiger partial charge in [0.1, 0.15) is 17.2 Å². The summed E-state index contributed by atoms with van der Waals surface area (Å²) < 4.78 is 37.0. The molecule has 2 aromatic heterocycles. The van der Waals surface area contributed by atoms with Crippen molar-refractivity contribution in [3.05, 3.63) is 60.1 Å². The van der Waals surface area contributed by atoms with Crippen molar-refractivity contribution in [2.24, 2.45) is 5.92 Å². The van der Waals surface area contributed by atoms with Gasteiger partial charge in [0.15, 0.2) is 5.82 Å². The first-order valence-electron chi connectivity index (χ1n) is 13.8. The zero-order valence-corrected chi connectivity index (χ0v) is 26.1. The van der Waals surface area contributed by atoms with E-state index in [2.05, 4.69) is 44.8 Å². The Labute approximate surface area is 252 Å². The number of pyridine rings is 1. The molecule has 14 heteroatoms. The Morgan fingerprint density at radius 2 is 1.72 bits per heavy atom. The molecule has 3 aromatic rings. The van der Waals surface area contributed by atoms with Crippen molar-refractivity contribution in [3.8, 4) is 5.75 Å². The Morgan fingerprint density at radius 1 is 1.09 bits per heavy atom. The number of nitrogens with one attached hydrogen (secondary N) is 3. The van der Waals surface area contributed by atoms with Gasteiger partial charge in [-0.05, 0) is 63.2 Å². The standard InChI is InChI=1S/C28H36N6O4.CH4O3S/c1-18(2)34-13-12-19(16-34)17-37-22-10-11-23(29-15-22)26(35)30-20-6-8-21(9-7-20)31-27(36)32-25-14-24(38-33-25)28(3,4)5;1-5(2,3)4/h6-11,14-15,18-19H,12-13,16-17H2,1-5H3,(H,30,35)(H2,31,32,33,36);1H3,(H,2,3,4)/t19-;/m1./s1. The molecule has 4 rings (SSSR count). The van der Waals surface area contributed by atoms with Crippen molar-refractivity contribution in [2.45, 2.75) is 52.5 Å². The second-order valence-corrected chi connectivity index (χ2v) is 13.1. The van der Waals surface area contributed by atoms with Crippen LogP contribution in [-0.4, -0.2) is 71.9 Å². The minimum absolute atomic E-state index is 0.208. The van der Waals surface area contributed by atoms with E-state index in [-0.39, 0.29) is 17.0 Å². The normalized spacial score (nSPS) is 15.4. The van der Waals surface area contributed by atoms with Crippen molar-refractivity contribution in [1.82, 2.24) is 15.0 Å². The van der Waals surface area contributed by atoms with Crippen molar-refractivity contribution < 1.29 is 31.8 Å². The fourth-order valence-corrected chi connectivity index (χ4v) is 4.08. The first-order chi connectivity index (χ1) is 20.1. The van der Waals surface area contributed by atoms with Crippen LogP contribution in [0.3, 0.4) is 0 Å². The average Bonchev–Trinajstić information content (AvgIpc) is 3.58. The van der Waals surface area contributed by atoms with Crippen LogP contribution in [0.1, 0.15) is 57.3 Å². The summed E-state index contributed by atoms with van der Waals surface area (Å²) in [5.74, 6) is 1.83. The van der Waals surface area contributed by atoms with E-state index in [0.717, 1.165) is 19.5 Å². The number of rotatable bonds is 8. The lowest BCUT2D eigenvalue weighted by atomic mass is 9.93. The molecule has 13 nitrogen and oxygen atoms in total. The number of ether oxygens (including phenoxy) is 1. The number of benzene rings is 1. The van der Waals surface area contributed by atoms with Gasteiger partial charge in [-0.3, -0.25) is 14.7 Å². The van der Waals surface area contributed by atoms with Gasteiger partial charge in [0, 0.05) is 41.4 Å². The van der Waals surface area contributed by atoms with Gasteiger partial charge in [0.05, 0.1) is 19.1 Å². The van der Waals surface area contributed by atoms with E-state index in [9.17, 15) is 18.0 Å². The largest absolute Gasteiger partial charge is 0.492 e. The highest BCUT2D eigenvalue weighted by Gasteiger charge is 2.24. The van der Waals surface area contributed by atoms with Crippen molar-refractivity contribution in [1.29, 1.82) is 0 Å². The first kappa shape index (κ1) is 33.5. The Hall–Kier alpha value is -4.01. The quantitative estimate of drug-likeness (QED) is 0.255. The third kappa shape index (κ3) is 11.7. The number of anilines is 3. The molecule has 3 heterocycles. The third-order valence-corrected chi connectivity index (χ3v) is 6.39. The number of likely N-dealkylation sites (tertiary alicyclic amines) is 1. The number of carbonyl (C=O) groups excluding carboxylic acids is 2. The highest BCUT2D eigenvalue weighted by molar-refractivity contribution is 7.85. The maximum atomic E-state index is 12.6. The van der Waals surface area contributed by atoms with Crippen molar-refractivity contribution in [3.63, 3.8) is 0 Å². The van der Waals surface area contributed by atoms with Gasteiger partial charge >= 0.3 is 6.03 Å². The summed E-state index contributed by atoms with van der Waals surface area (Å²) in [6.45, 7) is 13.2. The molecule has 0 bridgehead atoms. The molecule has 234 valence electrons. The number of carbonyl (C=O) groups is 2. The summed E-state index contributed by atoms with van der Waals surface area (Å²) in [6.07, 6.45) is 3.42. The van der Waals surface area contributed by atoms with Gasteiger partial charge in [0.2, 0.25) is 0 Å². The van der Waals surface area contributed by atoms with Crippen molar-refractivity contribution >= 4 is 39.2 Å². The maximum Gasteiger partial charge on any atom is 0.324 e. The van der Waals surface area contributed by atoms with E-state index < -0.39 is 16.1 Å². The SMILES string of the molecule is CC(C)N1CC[C@@H](COc2ccc(C(=O)Nc3ccc(NC(=O)Nc4cc(C(C)(C)C)on4)cc3)nc2)C1.CS(=O)(=O)O. The molecule has 0 radical (unpaired) electrons. The van der Waals surface area contributed by atoms with Gasteiger partial charge in [-0.1, -0.05) is 25.9 Å². The molecule has 1 aromatic carbocycles. The molecule has 1 aliphatic heterocycles. The lowest BCUT2D eigenvalue weighted by Crippen LogP contribution is -2.29. The average molecular weight is 617 g/mol. The third-order valence-electron chi connectivity index (χ3n) is 6.39. The lowest BCUT2D eigenvalue weighted by Gasteiger charge is -2.20. The van der Waals surface area contributed by atoms with Gasteiger partial charge in [0.25, 0.3) is 16.0 Å². The molecule has 43 heavy (non-hydrogen) atoms. The predicted molar refractivity (Wildman–Crippen MR) is 164 cm³/mol. The minimum Gasteiger partial charge on any atom is -0.492 e.